The Hall–Kier alpha value is -0.900. The fraction of sp³-hybridized carbons (Fsp3) is 0.867. The molecule has 1 N–H and O–H groups in total. The van der Waals surface area contributed by atoms with Crippen molar-refractivity contribution in [1.29, 1.82) is 0 Å². The second kappa shape index (κ2) is 5.61. The lowest BCUT2D eigenvalue weighted by molar-refractivity contribution is 0.242. The lowest BCUT2D eigenvalue weighted by Crippen LogP contribution is -2.43. The Labute approximate surface area is 117 Å². The van der Waals surface area contributed by atoms with Crippen LogP contribution in [-0.4, -0.2) is 27.4 Å². The average Bonchev–Trinajstić information content (AvgIpc) is 2.92. The van der Waals surface area contributed by atoms with E-state index >= 15 is 0 Å². The molecule has 0 saturated heterocycles. The zero-order chi connectivity index (χ0) is 14.0. The number of aryl methyl sites for hydroxylation is 2. The molecule has 2 atom stereocenters. The third kappa shape index (κ3) is 2.69. The zero-order valence-corrected chi connectivity index (χ0v) is 13.0. The van der Waals surface area contributed by atoms with E-state index in [1.165, 1.54) is 12.8 Å². The third-order valence-electron chi connectivity index (χ3n) is 4.43. The van der Waals surface area contributed by atoms with E-state index in [0.29, 0.717) is 17.5 Å². The standard InChI is InChI=1S/C15H28N4/c1-6-12-17-13(7-2)19(18-12)11-9-10-15(4,5)14(11)16-8-3/h11,14,16H,6-10H2,1-5H3. The van der Waals surface area contributed by atoms with Crippen LogP contribution < -0.4 is 5.32 Å². The summed E-state index contributed by atoms with van der Waals surface area (Å²) in [7, 11) is 0. The Balaban J connectivity index is 2.32. The van der Waals surface area contributed by atoms with Gasteiger partial charge < -0.3 is 5.32 Å². The van der Waals surface area contributed by atoms with Gasteiger partial charge in [-0.2, -0.15) is 5.10 Å². The minimum atomic E-state index is 0.337. The second-order valence-electron chi connectivity index (χ2n) is 6.23. The number of hydrogen-bond acceptors (Lipinski definition) is 3. The summed E-state index contributed by atoms with van der Waals surface area (Å²) in [5, 5.41) is 8.42. The number of rotatable bonds is 5. The quantitative estimate of drug-likeness (QED) is 0.889. The van der Waals surface area contributed by atoms with E-state index in [9.17, 15) is 0 Å². The second-order valence-corrected chi connectivity index (χ2v) is 6.23. The fourth-order valence-electron chi connectivity index (χ4n) is 3.32. The highest BCUT2D eigenvalue weighted by atomic mass is 15.4. The number of hydrogen-bond donors (Lipinski definition) is 1. The predicted molar refractivity (Wildman–Crippen MR) is 78.3 cm³/mol. The van der Waals surface area contributed by atoms with Crippen LogP contribution in [0.2, 0.25) is 0 Å². The maximum Gasteiger partial charge on any atom is 0.150 e. The Bertz CT molecular complexity index is 422. The first-order chi connectivity index (χ1) is 9.03. The van der Waals surface area contributed by atoms with Crippen molar-refractivity contribution >= 4 is 0 Å². The van der Waals surface area contributed by atoms with Gasteiger partial charge in [0.2, 0.25) is 0 Å². The van der Waals surface area contributed by atoms with Crippen molar-refractivity contribution in [2.75, 3.05) is 6.54 Å². The number of likely N-dealkylation sites (N-methyl/N-ethyl adjacent to an activating group) is 1. The van der Waals surface area contributed by atoms with Gasteiger partial charge in [0.25, 0.3) is 0 Å². The van der Waals surface area contributed by atoms with E-state index in [1.807, 2.05) is 0 Å². The number of aromatic nitrogens is 3. The van der Waals surface area contributed by atoms with Gasteiger partial charge in [-0.15, -0.1) is 0 Å². The largest absolute Gasteiger partial charge is 0.312 e. The van der Waals surface area contributed by atoms with Crippen LogP contribution >= 0.6 is 0 Å². The van der Waals surface area contributed by atoms with Gasteiger partial charge in [-0.25, -0.2) is 9.67 Å². The summed E-state index contributed by atoms with van der Waals surface area (Å²) >= 11 is 0. The van der Waals surface area contributed by atoms with Gasteiger partial charge in [-0.05, 0) is 24.8 Å². The average molecular weight is 264 g/mol. The molecule has 1 aromatic heterocycles. The maximum absolute atomic E-state index is 4.75. The lowest BCUT2D eigenvalue weighted by Gasteiger charge is -2.31. The Morgan fingerprint density at radius 1 is 1.26 bits per heavy atom. The summed E-state index contributed by atoms with van der Waals surface area (Å²) in [6.07, 6.45) is 4.33. The van der Waals surface area contributed by atoms with Crippen LogP contribution in [-0.2, 0) is 12.8 Å². The first kappa shape index (κ1) is 14.5. The monoisotopic (exact) mass is 264 g/mol. The van der Waals surface area contributed by atoms with Crippen molar-refractivity contribution < 1.29 is 0 Å². The molecule has 4 heteroatoms. The van der Waals surface area contributed by atoms with Crippen LogP contribution in [0.25, 0.3) is 0 Å². The molecule has 4 nitrogen and oxygen atoms in total. The third-order valence-corrected chi connectivity index (χ3v) is 4.43. The van der Waals surface area contributed by atoms with Crippen LogP contribution in [0, 0.1) is 5.41 Å². The molecule has 1 aromatic rings. The van der Waals surface area contributed by atoms with Gasteiger partial charge in [-0.1, -0.05) is 34.6 Å². The van der Waals surface area contributed by atoms with E-state index in [2.05, 4.69) is 49.6 Å². The Kier molecular flexibility index (Phi) is 4.29. The molecule has 0 aliphatic heterocycles. The van der Waals surface area contributed by atoms with Crippen LogP contribution in [0.15, 0.2) is 0 Å². The summed E-state index contributed by atoms with van der Waals surface area (Å²) in [5.41, 5.74) is 0.337. The fourth-order valence-corrected chi connectivity index (χ4v) is 3.32. The molecule has 108 valence electrons. The molecular weight excluding hydrogens is 236 g/mol. The van der Waals surface area contributed by atoms with E-state index < -0.39 is 0 Å². The first-order valence-corrected chi connectivity index (χ1v) is 7.71. The van der Waals surface area contributed by atoms with Crippen molar-refractivity contribution in [2.45, 2.75) is 72.4 Å². The first-order valence-electron chi connectivity index (χ1n) is 7.71. The van der Waals surface area contributed by atoms with Gasteiger partial charge in [0.05, 0.1) is 6.04 Å². The van der Waals surface area contributed by atoms with Gasteiger partial charge >= 0.3 is 0 Å². The van der Waals surface area contributed by atoms with Crippen LogP contribution in [0.1, 0.15) is 65.2 Å². The van der Waals surface area contributed by atoms with Crippen LogP contribution in [0.3, 0.4) is 0 Å². The summed E-state index contributed by atoms with van der Waals surface area (Å²) in [6, 6.07) is 0.951. The van der Waals surface area contributed by atoms with Crippen molar-refractivity contribution in [3.63, 3.8) is 0 Å². The highest BCUT2D eigenvalue weighted by Crippen LogP contribution is 2.43. The number of nitrogens with zero attached hydrogens (tertiary/aromatic N) is 3. The predicted octanol–water partition coefficient (Wildman–Crippen LogP) is 2.74. The molecule has 0 aromatic carbocycles. The molecule has 1 aliphatic rings. The van der Waals surface area contributed by atoms with Crippen molar-refractivity contribution in [3.8, 4) is 0 Å². The molecule has 1 fully saturated rings. The lowest BCUT2D eigenvalue weighted by atomic mass is 9.86. The summed E-state index contributed by atoms with van der Waals surface area (Å²) in [5.74, 6) is 2.12. The van der Waals surface area contributed by atoms with Gasteiger partial charge in [0.1, 0.15) is 5.82 Å². The molecule has 0 radical (unpaired) electrons. The molecule has 0 spiro atoms. The summed E-state index contributed by atoms with van der Waals surface area (Å²) < 4.78 is 2.21. The summed E-state index contributed by atoms with van der Waals surface area (Å²) in [4.78, 5) is 4.66. The molecule has 0 amide bonds. The molecule has 1 aliphatic carbocycles. The SMILES string of the molecule is CCNC1C(n2nc(CC)nc2CC)CCC1(C)C. The van der Waals surface area contributed by atoms with Crippen molar-refractivity contribution in [3.05, 3.63) is 11.6 Å². The van der Waals surface area contributed by atoms with E-state index in [-0.39, 0.29) is 0 Å². The molecule has 19 heavy (non-hydrogen) atoms. The smallest absolute Gasteiger partial charge is 0.150 e. The van der Waals surface area contributed by atoms with E-state index in [0.717, 1.165) is 31.0 Å². The molecule has 1 saturated carbocycles. The molecular formula is C15H28N4. The van der Waals surface area contributed by atoms with Gasteiger partial charge in [0.15, 0.2) is 5.82 Å². The summed E-state index contributed by atoms with van der Waals surface area (Å²) in [6.45, 7) is 12.2. The van der Waals surface area contributed by atoms with Crippen molar-refractivity contribution in [2.24, 2.45) is 5.41 Å². The molecule has 2 rings (SSSR count). The Morgan fingerprint density at radius 3 is 2.58 bits per heavy atom. The van der Waals surface area contributed by atoms with Crippen molar-refractivity contribution in [1.82, 2.24) is 20.1 Å². The molecule has 2 unspecified atom stereocenters. The topological polar surface area (TPSA) is 42.7 Å². The maximum atomic E-state index is 4.75. The van der Waals surface area contributed by atoms with Crippen LogP contribution in [0.4, 0.5) is 0 Å². The van der Waals surface area contributed by atoms with Gasteiger partial charge in [0, 0.05) is 18.9 Å². The van der Waals surface area contributed by atoms with E-state index in [1.54, 1.807) is 0 Å². The molecule has 0 bridgehead atoms. The molecule has 1 heterocycles. The normalized spacial score (nSPS) is 25.9. The van der Waals surface area contributed by atoms with Gasteiger partial charge in [-0.3, -0.25) is 0 Å². The minimum Gasteiger partial charge on any atom is -0.312 e. The highest BCUT2D eigenvalue weighted by molar-refractivity contribution is 5.03. The van der Waals surface area contributed by atoms with E-state index in [4.69, 9.17) is 5.10 Å². The minimum absolute atomic E-state index is 0.337. The zero-order valence-electron chi connectivity index (χ0n) is 13.0. The highest BCUT2D eigenvalue weighted by Gasteiger charge is 2.43. The Morgan fingerprint density at radius 2 is 2.00 bits per heavy atom. The number of nitrogens with one attached hydrogen (secondary N) is 1. The van der Waals surface area contributed by atoms with Crippen LogP contribution in [0.5, 0.6) is 0 Å².